The van der Waals surface area contributed by atoms with Gasteiger partial charge in [-0.2, -0.15) is 0 Å². The van der Waals surface area contributed by atoms with Crippen molar-refractivity contribution in [2.75, 3.05) is 11.1 Å². The Balaban J connectivity index is 2.37. The van der Waals surface area contributed by atoms with Gasteiger partial charge < -0.3 is 15.8 Å². The predicted octanol–water partition coefficient (Wildman–Crippen LogP) is 3.77. The number of nitrogens with zero attached hydrogens (tertiary/aromatic N) is 2. The normalized spacial score (nSPS) is 11.3. The first-order valence-corrected chi connectivity index (χ1v) is 6.45. The number of benzene rings is 1. The molecule has 0 aliphatic heterocycles. The lowest BCUT2D eigenvalue weighted by atomic mass is 10.2. The average Bonchev–Trinajstić information content (AvgIpc) is 2.36. The van der Waals surface area contributed by atoms with Crippen LogP contribution in [0.2, 0.25) is 0 Å². The molecular formula is C12H10BrF3N4O. The SMILES string of the molecule is Cc1c(N)ncnc1Nc1ccc(Br)cc1OC(F)(F)F. The third-order valence-corrected chi connectivity index (χ3v) is 3.04. The number of halogens is 4. The molecule has 2 rings (SSSR count). The lowest BCUT2D eigenvalue weighted by Crippen LogP contribution is -2.18. The van der Waals surface area contributed by atoms with Crippen molar-refractivity contribution in [1.29, 1.82) is 0 Å². The minimum atomic E-state index is -4.79. The summed E-state index contributed by atoms with van der Waals surface area (Å²) in [5.74, 6) is 0.160. The molecule has 3 N–H and O–H groups in total. The summed E-state index contributed by atoms with van der Waals surface area (Å²) in [5.41, 5.74) is 6.26. The summed E-state index contributed by atoms with van der Waals surface area (Å²) < 4.78 is 41.7. The molecule has 0 bridgehead atoms. The van der Waals surface area contributed by atoms with E-state index < -0.39 is 6.36 Å². The minimum Gasteiger partial charge on any atom is -0.404 e. The van der Waals surface area contributed by atoms with Crippen molar-refractivity contribution < 1.29 is 17.9 Å². The Labute approximate surface area is 126 Å². The smallest absolute Gasteiger partial charge is 0.404 e. The number of nitrogens with one attached hydrogen (secondary N) is 1. The van der Waals surface area contributed by atoms with Crippen LogP contribution >= 0.6 is 15.9 Å². The van der Waals surface area contributed by atoms with Crippen molar-refractivity contribution in [3.05, 3.63) is 34.6 Å². The van der Waals surface area contributed by atoms with Gasteiger partial charge in [0.25, 0.3) is 0 Å². The van der Waals surface area contributed by atoms with Crippen molar-refractivity contribution >= 4 is 33.3 Å². The number of hydrogen-bond acceptors (Lipinski definition) is 5. The van der Waals surface area contributed by atoms with Crippen LogP contribution in [-0.4, -0.2) is 16.3 Å². The Morgan fingerprint density at radius 2 is 2.00 bits per heavy atom. The quantitative estimate of drug-likeness (QED) is 0.869. The molecule has 5 nitrogen and oxygen atoms in total. The van der Waals surface area contributed by atoms with Crippen LogP contribution < -0.4 is 15.8 Å². The third kappa shape index (κ3) is 3.97. The summed E-state index contributed by atoms with van der Waals surface area (Å²) in [7, 11) is 0. The Hall–Kier alpha value is -2.03. The highest BCUT2D eigenvalue weighted by Gasteiger charge is 2.32. The number of nitrogens with two attached hydrogens (primary N) is 1. The summed E-state index contributed by atoms with van der Waals surface area (Å²) in [4.78, 5) is 7.73. The zero-order valence-corrected chi connectivity index (χ0v) is 12.3. The first-order chi connectivity index (χ1) is 9.76. The molecule has 1 aromatic heterocycles. The zero-order chi connectivity index (χ0) is 15.6. The van der Waals surface area contributed by atoms with E-state index in [1.54, 1.807) is 13.0 Å². The van der Waals surface area contributed by atoms with Gasteiger partial charge >= 0.3 is 6.36 Å². The summed E-state index contributed by atoms with van der Waals surface area (Å²) in [6.07, 6.45) is -3.58. The number of anilines is 3. The maximum Gasteiger partial charge on any atom is 0.573 e. The number of alkyl halides is 3. The fourth-order valence-electron chi connectivity index (χ4n) is 1.53. The number of hydrogen-bond donors (Lipinski definition) is 2. The molecule has 21 heavy (non-hydrogen) atoms. The monoisotopic (exact) mass is 362 g/mol. The van der Waals surface area contributed by atoms with Crippen LogP contribution in [0.4, 0.5) is 30.5 Å². The summed E-state index contributed by atoms with van der Waals surface area (Å²) in [6, 6.07) is 4.21. The largest absolute Gasteiger partial charge is 0.573 e. The molecule has 0 aliphatic rings. The first-order valence-electron chi connectivity index (χ1n) is 5.65. The summed E-state index contributed by atoms with van der Waals surface area (Å²) in [6.45, 7) is 1.65. The molecule has 1 aromatic carbocycles. The maximum absolute atomic E-state index is 12.4. The average molecular weight is 363 g/mol. The molecule has 0 saturated heterocycles. The number of aromatic nitrogens is 2. The summed E-state index contributed by atoms with van der Waals surface area (Å²) >= 11 is 3.09. The van der Waals surface area contributed by atoms with Crippen LogP contribution in [0, 0.1) is 6.92 Å². The fraction of sp³-hybridized carbons (Fsp3) is 0.167. The molecule has 0 atom stereocenters. The summed E-state index contributed by atoms with van der Waals surface area (Å²) in [5, 5.41) is 2.75. The Morgan fingerprint density at radius 1 is 1.29 bits per heavy atom. The first kappa shape index (κ1) is 15.4. The molecule has 1 heterocycles. The molecule has 0 fully saturated rings. The molecule has 9 heteroatoms. The van der Waals surface area contributed by atoms with E-state index in [2.05, 4.69) is 36.0 Å². The van der Waals surface area contributed by atoms with Crippen LogP contribution in [0.1, 0.15) is 5.56 Å². The number of rotatable bonds is 3. The second-order valence-corrected chi connectivity index (χ2v) is 4.96. The van der Waals surface area contributed by atoms with Crippen molar-refractivity contribution in [1.82, 2.24) is 9.97 Å². The van der Waals surface area contributed by atoms with E-state index in [1.807, 2.05) is 0 Å². The van der Waals surface area contributed by atoms with Crippen molar-refractivity contribution in [3.63, 3.8) is 0 Å². The van der Waals surface area contributed by atoms with Crippen LogP contribution in [0.5, 0.6) is 5.75 Å². The Morgan fingerprint density at radius 3 is 2.67 bits per heavy atom. The van der Waals surface area contributed by atoms with Gasteiger partial charge in [-0.3, -0.25) is 0 Å². The fourth-order valence-corrected chi connectivity index (χ4v) is 1.87. The molecule has 0 spiro atoms. The molecule has 2 aromatic rings. The molecule has 0 radical (unpaired) electrons. The molecule has 0 amide bonds. The van der Waals surface area contributed by atoms with E-state index >= 15 is 0 Å². The van der Waals surface area contributed by atoms with E-state index in [0.717, 1.165) is 0 Å². The van der Waals surface area contributed by atoms with E-state index in [-0.39, 0.29) is 17.3 Å². The number of nitrogen functional groups attached to an aromatic ring is 1. The van der Waals surface area contributed by atoms with Gasteiger partial charge in [0.05, 0.1) is 5.69 Å². The molecule has 112 valence electrons. The molecule has 0 aliphatic carbocycles. The highest BCUT2D eigenvalue weighted by Crippen LogP contribution is 2.35. The van der Waals surface area contributed by atoms with E-state index in [4.69, 9.17) is 5.73 Å². The minimum absolute atomic E-state index is 0.108. The van der Waals surface area contributed by atoms with Crippen molar-refractivity contribution in [2.45, 2.75) is 13.3 Å². The van der Waals surface area contributed by atoms with E-state index in [0.29, 0.717) is 15.9 Å². The Bertz CT molecular complexity index is 663. The van der Waals surface area contributed by atoms with Gasteiger partial charge in [0.15, 0.2) is 5.75 Å². The number of ether oxygens (including phenoxy) is 1. The van der Waals surface area contributed by atoms with Crippen LogP contribution in [-0.2, 0) is 0 Å². The van der Waals surface area contributed by atoms with Crippen molar-refractivity contribution in [3.8, 4) is 5.75 Å². The van der Waals surface area contributed by atoms with E-state index in [9.17, 15) is 13.2 Å². The molecular weight excluding hydrogens is 353 g/mol. The Kier molecular flexibility index (Phi) is 4.21. The predicted molar refractivity (Wildman–Crippen MR) is 75.3 cm³/mol. The highest BCUT2D eigenvalue weighted by molar-refractivity contribution is 9.10. The second kappa shape index (κ2) is 5.76. The van der Waals surface area contributed by atoms with Gasteiger partial charge in [0.1, 0.15) is 18.0 Å². The second-order valence-electron chi connectivity index (χ2n) is 4.05. The van der Waals surface area contributed by atoms with Gasteiger partial charge in [-0.15, -0.1) is 13.2 Å². The highest BCUT2D eigenvalue weighted by atomic mass is 79.9. The van der Waals surface area contributed by atoms with Crippen LogP contribution in [0.25, 0.3) is 0 Å². The van der Waals surface area contributed by atoms with Gasteiger partial charge in [-0.1, -0.05) is 15.9 Å². The van der Waals surface area contributed by atoms with Gasteiger partial charge in [-0.25, -0.2) is 9.97 Å². The zero-order valence-electron chi connectivity index (χ0n) is 10.7. The maximum atomic E-state index is 12.4. The van der Waals surface area contributed by atoms with Gasteiger partial charge in [0, 0.05) is 10.0 Å². The van der Waals surface area contributed by atoms with Gasteiger partial charge in [0.2, 0.25) is 0 Å². The lowest BCUT2D eigenvalue weighted by molar-refractivity contribution is -0.274. The lowest BCUT2D eigenvalue weighted by Gasteiger charge is -2.15. The van der Waals surface area contributed by atoms with E-state index in [1.165, 1.54) is 18.5 Å². The standard InChI is InChI=1S/C12H10BrF3N4O/c1-6-10(17)18-5-19-11(6)20-8-3-2-7(13)4-9(8)21-12(14,15)16/h2-5H,1H3,(H3,17,18,19,20). The molecule has 0 saturated carbocycles. The van der Waals surface area contributed by atoms with Gasteiger partial charge in [-0.05, 0) is 25.1 Å². The topological polar surface area (TPSA) is 73.1 Å². The van der Waals surface area contributed by atoms with Crippen molar-refractivity contribution in [2.24, 2.45) is 0 Å². The van der Waals surface area contributed by atoms with Crippen LogP contribution in [0.3, 0.4) is 0 Å². The van der Waals surface area contributed by atoms with Crippen LogP contribution in [0.15, 0.2) is 29.0 Å². The molecule has 0 unspecified atom stereocenters. The third-order valence-electron chi connectivity index (χ3n) is 2.55.